The Hall–Kier alpha value is -1.68. The van der Waals surface area contributed by atoms with Gasteiger partial charge in [0, 0.05) is 0 Å². The predicted octanol–water partition coefficient (Wildman–Crippen LogP) is 3.98. The van der Waals surface area contributed by atoms with E-state index < -0.39 is 11.6 Å². The second-order valence-corrected chi connectivity index (χ2v) is 5.95. The normalized spacial score (nSPS) is 37.8. The van der Waals surface area contributed by atoms with Crippen LogP contribution in [0.2, 0.25) is 0 Å². The van der Waals surface area contributed by atoms with Gasteiger partial charge in [0.25, 0.3) is 0 Å². The number of ether oxygens (including phenoxy) is 3. The van der Waals surface area contributed by atoms with E-state index in [9.17, 15) is 0 Å². The maximum atomic E-state index is 6.26. The van der Waals surface area contributed by atoms with Crippen molar-refractivity contribution in [2.24, 2.45) is 0 Å². The van der Waals surface area contributed by atoms with Gasteiger partial charge >= 0.3 is 0 Å². The molecular weight excluding hydrogens is 264 g/mol. The SMILES string of the molecule is C[C@@]12O[C@@H](c3ccccc3)[C@@](C)(O[C@H]1c1ccccc1)O2. The van der Waals surface area contributed by atoms with Crippen LogP contribution in [0.5, 0.6) is 0 Å². The first-order valence-electron chi connectivity index (χ1n) is 7.26. The molecule has 108 valence electrons. The molecule has 4 atom stereocenters. The van der Waals surface area contributed by atoms with Crippen molar-refractivity contribution in [3.05, 3.63) is 71.8 Å². The Morgan fingerprint density at radius 1 is 0.667 bits per heavy atom. The van der Waals surface area contributed by atoms with E-state index in [0.717, 1.165) is 11.1 Å². The van der Waals surface area contributed by atoms with Gasteiger partial charge in [-0.15, -0.1) is 0 Å². The van der Waals surface area contributed by atoms with E-state index in [1.165, 1.54) is 0 Å². The summed E-state index contributed by atoms with van der Waals surface area (Å²) in [5, 5.41) is 0. The highest BCUT2D eigenvalue weighted by molar-refractivity contribution is 5.26. The van der Waals surface area contributed by atoms with Crippen molar-refractivity contribution in [2.45, 2.75) is 37.6 Å². The summed E-state index contributed by atoms with van der Waals surface area (Å²) in [6.45, 7) is 3.91. The fourth-order valence-corrected chi connectivity index (χ4v) is 3.36. The summed E-state index contributed by atoms with van der Waals surface area (Å²) in [5.41, 5.74) is 2.16. The third-order valence-electron chi connectivity index (χ3n) is 4.27. The minimum Gasteiger partial charge on any atom is -0.334 e. The van der Waals surface area contributed by atoms with E-state index in [0.29, 0.717) is 0 Å². The van der Waals surface area contributed by atoms with Crippen molar-refractivity contribution in [3.63, 3.8) is 0 Å². The molecule has 0 unspecified atom stereocenters. The lowest BCUT2D eigenvalue weighted by Crippen LogP contribution is -2.37. The highest BCUT2D eigenvalue weighted by atomic mass is 16.9. The molecular formula is C18H18O3. The van der Waals surface area contributed by atoms with Crippen LogP contribution in [-0.4, -0.2) is 11.6 Å². The molecule has 2 saturated heterocycles. The van der Waals surface area contributed by atoms with Crippen molar-refractivity contribution in [3.8, 4) is 0 Å². The van der Waals surface area contributed by atoms with Crippen molar-refractivity contribution in [2.75, 3.05) is 0 Å². The maximum absolute atomic E-state index is 6.26. The maximum Gasteiger partial charge on any atom is 0.200 e. The molecule has 2 aliphatic heterocycles. The Bertz CT molecular complexity index is 585. The van der Waals surface area contributed by atoms with Crippen LogP contribution < -0.4 is 0 Å². The van der Waals surface area contributed by atoms with Crippen LogP contribution in [-0.2, 0) is 14.2 Å². The topological polar surface area (TPSA) is 27.7 Å². The first-order valence-corrected chi connectivity index (χ1v) is 7.26. The van der Waals surface area contributed by atoms with Crippen molar-refractivity contribution in [1.29, 1.82) is 0 Å². The Balaban J connectivity index is 1.69. The highest BCUT2D eigenvalue weighted by Crippen LogP contribution is 2.59. The number of hydrogen-bond acceptors (Lipinski definition) is 3. The van der Waals surface area contributed by atoms with Crippen LogP contribution in [0.15, 0.2) is 60.7 Å². The second-order valence-electron chi connectivity index (χ2n) is 5.95. The summed E-state index contributed by atoms with van der Waals surface area (Å²) < 4.78 is 18.7. The van der Waals surface area contributed by atoms with Gasteiger partial charge in [-0.1, -0.05) is 60.7 Å². The first-order chi connectivity index (χ1) is 10.1. The molecule has 2 bridgehead atoms. The average molecular weight is 282 g/mol. The van der Waals surface area contributed by atoms with Gasteiger partial charge in [-0.05, 0) is 25.0 Å². The lowest BCUT2D eigenvalue weighted by atomic mass is 9.99. The van der Waals surface area contributed by atoms with Crippen LogP contribution in [0.3, 0.4) is 0 Å². The molecule has 0 amide bonds. The highest BCUT2D eigenvalue weighted by Gasteiger charge is 2.65. The predicted molar refractivity (Wildman–Crippen MR) is 78.4 cm³/mol. The third-order valence-corrected chi connectivity index (χ3v) is 4.27. The van der Waals surface area contributed by atoms with Crippen LogP contribution in [0.4, 0.5) is 0 Å². The van der Waals surface area contributed by atoms with Gasteiger partial charge in [-0.25, -0.2) is 0 Å². The van der Waals surface area contributed by atoms with Crippen LogP contribution in [0.25, 0.3) is 0 Å². The Kier molecular flexibility index (Phi) is 2.73. The zero-order valence-corrected chi connectivity index (χ0v) is 12.2. The summed E-state index contributed by atoms with van der Waals surface area (Å²) in [4.78, 5) is 0. The lowest BCUT2D eigenvalue weighted by molar-refractivity contribution is -0.215. The average Bonchev–Trinajstić information content (AvgIpc) is 2.94. The Morgan fingerprint density at radius 3 is 1.38 bits per heavy atom. The summed E-state index contributed by atoms with van der Waals surface area (Å²) in [6, 6.07) is 20.2. The minimum atomic E-state index is -0.753. The smallest absolute Gasteiger partial charge is 0.200 e. The van der Waals surface area contributed by atoms with Gasteiger partial charge in [0.05, 0.1) is 0 Å². The third kappa shape index (κ3) is 1.93. The van der Waals surface area contributed by atoms with Gasteiger partial charge in [0.2, 0.25) is 0 Å². The molecule has 0 radical (unpaired) electrons. The molecule has 0 aliphatic carbocycles. The summed E-state index contributed by atoms with van der Waals surface area (Å²) in [7, 11) is 0. The molecule has 3 heteroatoms. The molecule has 2 heterocycles. The van der Waals surface area contributed by atoms with E-state index in [4.69, 9.17) is 14.2 Å². The number of rotatable bonds is 2. The molecule has 2 aromatic rings. The van der Waals surface area contributed by atoms with Gasteiger partial charge in [-0.2, -0.15) is 0 Å². The van der Waals surface area contributed by atoms with E-state index in [1.54, 1.807) is 0 Å². The summed E-state index contributed by atoms with van der Waals surface area (Å²) in [5.74, 6) is -1.51. The standard InChI is InChI=1S/C18H18O3/c1-17-15(13-9-5-3-6-10-13)20-18(2,21-17)16(19-17)14-11-7-4-8-12-14/h3-12,15-16H,1-2H3/t15-,16-,17-,18-/m0/s1. The fourth-order valence-electron chi connectivity index (χ4n) is 3.36. The van der Waals surface area contributed by atoms with Gasteiger partial charge < -0.3 is 14.2 Å². The van der Waals surface area contributed by atoms with Gasteiger partial charge in [0.15, 0.2) is 11.6 Å². The molecule has 2 fully saturated rings. The van der Waals surface area contributed by atoms with Crippen molar-refractivity contribution < 1.29 is 14.2 Å². The first kappa shape index (κ1) is 13.0. The second kappa shape index (κ2) is 4.41. The molecule has 0 aromatic heterocycles. The molecule has 3 nitrogen and oxygen atoms in total. The van der Waals surface area contributed by atoms with E-state index >= 15 is 0 Å². The van der Waals surface area contributed by atoms with E-state index in [1.807, 2.05) is 74.5 Å². The largest absolute Gasteiger partial charge is 0.334 e. The van der Waals surface area contributed by atoms with Crippen LogP contribution >= 0.6 is 0 Å². The minimum absolute atomic E-state index is 0.205. The molecule has 21 heavy (non-hydrogen) atoms. The van der Waals surface area contributed by atoms with Crippen molar-refractivity contribution in [1.82, 2.24) is 0 Å². The van der Waals surface area contributed by atoms with Gasteiger partial charge in [-0.3, -0.25) is 0 Å². The molecule has 4 rings (SSSR count). The number of fused-ring (bicyclic) bond motifs is 2. The molecule has 2 aromatic carbocycles. The Morgan fingerprint density at radius 2 is 1.05 bits per heavy atom. The summed E-state index contributed by atoms with van der Waals surface area (Å²) >= 11 is 0. The van der Waals surface area contributed by atoms with E-state index in [2.05, 4.69) is 0 Å². The molecule has 0 spiro atoms. The molecule has 2 aliphatic rings. The van der Waals surface area contributed by atoms with Gasteiger partial charge in [0.1, 0.15) is 12.2 Å². The zero-order chi connectivity index (χ0) is 14.5. The molecule has 0 saturated carbocycles. The summed E-state index contributed by atoms with van der Waals surface area (Å²) in [6.07, 6.45) is -0.410. The van der Waals surface area contributed by atoms with Crippen LogP contribution in [0.1, 0.15) is 37.2 Å². The van der Waals surface area contributed by atoms with Crippen molar-refractivity contribution >= 4 is 0 Å². The number of benzene rings is 2. The molecule has 0 N–H and O–H groups in total. The van der Waals surface area contributed by atoms with Crippen LogP contribution in [0, 0.1) is 0 Å². The van der Waals surface area contributed by atoms with E-state index in [-0.39, 0.29) is 12.2 Å². The fraction of sp³-hybridized carbons (Fsp3) is 0.333. The monoisotopic (exact) mass is 282 g/mol. The zero-order valence-electron chi connectivity index (χ0n) is 12.2. The lowest BCUT2D eigenvalue weighted by Gasteiger charge is -2.35. The quantitative estimate of drug-likeness (QED) is 0.834. The Labute approximate surface area is 124 Å². The number of hydrogen-bond donors (Lipinski definition) is 0.